The van der Waals surface area contributed by atoms with Crippen molar-refractivity contribution < 1.29 is 14.3 Å². The summed E-state index contributed by atoms with van der Waals surface area (Å²) in [6.07, 6.45) is 0. The summed E-state index contributed by atoms with van der Waals surface area (Å²) < 4.78 is 11.6. The summed E-state index contributed by atoms with van der Waals surface area (Å²) >= 11 is 0. The van der Waals surface area contributed by atoms with E-state index >= 15 is 0 Å². The maximum absolute atomic E-state index is 11.7. The maximum Gasteiger partial charge on any atom is 0.208 e. The van der Waals surface area contributed by atoms with Gasteiger partial charge in [0.15, 0.2) is 0 Å². The lowest BCUT2D eigenvalue weighted by Gasteiger charge is -2.03. The standard InChI is InChI=1S/C14H16N2O3/c1-16-13(8-12(15-16)14(17)9-18-2)10-4-6-11(19-3)7-5-10/h4-8H,9H2,1-3H3. The van der Waals surface area contributed by atoms with Crippen LogP contribution in [0.4, 0.5) is 0 Å². The number of aryl methyl sites for hydroxylation is 1. The molecule has 0 N–H and O–H groups in total. The van der Waals surface area contributed by atoms with Gasteiger partial charge in [0.1, 0.15) is 18.1 Å². The second kappa shape index (κ2) is 5.67. The lowest BCUT2D eigenvalue weighted by molar-refractivity contribution is 0.0842. The van der Waals surface area contributed by atoms with E-state index in [1.807, 2.05) is 31.3 Å². The number of rotatable bonds is 5. The van der Waals surface area contributed by atoms with Crippen molar-refractivity contribution in [1.82, 2.24) is 9.78 Å². The molecule has 0 atom stereocenters. The third-order valence-electron chi connectivity index (χ3n) is 2.83. The highest BCUT2D eigenvalue weighted by molar-refractivity contribution is 5.96. The van der Waals surface area contributed by atoms with Gasteiger partial charge in [0, 0.05) is 19.7 Å². The van der Waals surface area contributed by atoms with Crippen LogP contribution in [0, 0.1) is 0 Å². The molecule has 1 aromatic heterocycles. The minimum atomic E-state index is -0.127. The van der Waals surface area contributed by atoms with E-state index < -0.39 is 0 Å². The number of carbonyl (C=O) groups excluding carboxylic acids is 1. The normalized spacial score (nSPS) is 10.5. The smallest absolute Gasteiger partial charge is 0.208 e. The fraction of sp³-hybridized carbons (Fsp3) is 0.286. The monoisotopic (exact) mass is 260 g/mol. The zero-order valence-corrected chi connectivity index (χ0v) is 11.2. The van der Waals surface area contributed by atoms with Gasteiger partial charge in [-0.3, -0.25) is 9.48 Å². The van der Waals surface area contributed by atoms with Crippen LogP contribution in [-0.4, -0.2) is 36.4 Å². The summed E-state index contributed by atoms with van der Waals surface area (Å²) in [5, 5.41) is 4.20. The van der Waals surface area contributed by atoms with Crippen LogP contribution in [0.15, 0.2) is 30.3 Å². The molecule has 0 aliphatic carbocycles. The van der Waals surface area contributed by atoms with Gasteiger partial charge in [-0.15, -0.1) is 0 Å². The molecule has 19 heavy (non-hydrogen) atoms. The lowest BCUT2D eigenvalue weighted by atomic mass is 10.1. The molecule has 0 fully saturated rings. The number of aromatic nitrogens is 2. The Morgan fingerprint density at radius 2 is 1.95 bits per heavy atom. The summed E-state index contributed by atoms with van der Waals surface area (Å²) in [7, 11) is 4.93. The average Bonchev–Trinajstić information content (AvgIpc) is 2.81. The topological polar surface area (TPSA) is 53.4 Å². The van der Waals surface area contributed by atoms with Gasteiger partial charge < -0.3 is 9.47 Å². The van der Waals surface area contributed by atoms with E-state index in [0.717, 1.165) is 17.0 Å². The molecule has 5 nitrogen and oxygen atoms in total. The SMILES string of the molecule is COCC(=O)c1cc(-c2ccc(OC)cc2)n(C)n1. The van der Waals surface area contributed by atoms with E-state index in [9.17, 15) is 4.79 Å². The van der Waals surface area contributed by atoms with Crippen molar-refractivity contribution in [3.63, 3.8) is 0 Å². The predicted molar refractivity (Wildman–Crippen MR) is 71.4 cm³/mol. The van der Waals surface area contributed by atoms with E-state index in [1.165, 1.54) is 7.11 Å². The molecule has 0 radical (unpaired) electrons. The highest BCUT2D eigenvalue weighted by Crippen LogP contribution is 2.22. The Bertz CT molecular complexity index is 573. The van der Waals surface area contributed by atoms with Gasteiger partial charge in [0.25, 0.3) is 0 Å². The van der Waals surface area contributed by atoms with Crippen LogP contribution in [0.1, 0.15) is 10.5 Å². The number of hydrogen-bond acceptors (Lipinski definition) is 4. The molecule has 1 aromatic carbocycles. The minimum absolute atomic E-state index is 0.0407. The van der Waals surface area contributed by atoms with E-state index in [-0.39, 0.29) is 12.4 Å². The van der Waals surface area contributed by atoms with Gasteiger partial charge in [-0.25, -0.2) is 0 Å². The van der Waals surface area contributed by atoms with Crippen molar-refractivity contribution in [3.8, 4) is 17.0 Å². The van der Waals surface area contributed by atoms with E-state index in [0.29, 0.717) is 5.69 Å². The summed E-state index contributed by atoms with van der Waals surface area (Å²) in [4.78, 5) is 11.7. The number of hydrogen-bond donors (Lipinski definition) is 0. The van der Waals surface area contributed by atoms with Gasteiger partial charge in [0.2, 0.25) is 5.78 Å². The van der Waals surface area contributed by atoms with Crippen LogP contribution in [0.2, 0.25) is 0 Å². The van der Waals surface area contributed by atoms with Crippen molar-refractivity contribution in [2.24, 2.45) is 7.05 Å². The second-order valence-electron chi connectivity index (χ2n) is 4.12. The molecular weight excluding hydrogens is 244 g/mol. The van der Waals surface area contributed by atoms with Crippen LogP contribution in [0.3, 0.4) is 0 Å². The second-order valence-corrected chi connectivity index (χ2v) is 4.12. The Morgan fingerprint density at radius 1 is 1.26 bits per heavy atom. The van der Waals surface area contributed by atoms with Crippen LogP contribution in [-0.2, 0) is 11.8 Å². The van der Waals surface area contributed by atoms with E-state index in [1.54, 1.807) is 17.9 Å². The molecular formula is C14H16N2O3. The number of carbonyl (C=O) groups is 1. The summed E-state index contributed by atoms with van der Waals surface area (Å²) in [5.74, 6) is 0.666. The molecule has 5 heteroatoms. The summed E-state index contributed by atoms with van der Waals surface area (Å²) in [6.45, 7) is 0.0407. The molecule has 0 bridgehead atoms. The quantitative estimate of drug-likeness (QED) is 0.771. The van der Waals surface area contributed by atoms with Crippen molar-refractivity contribution in [2.45, 2.75) is 0 Å². The third-order valence-corrected chi connectivity index (χ3v) is 2.83. The summed E-state index contributed by atoms with van der Waals surface area (Å²) in [5.41, 5.74) is 2.27. The number of ketones is 1. The van der Waals surface area contributed by atoms with Crippen LogP contribution >= 0.6 is 0 Å². The van der Waals surface area contributed by atoms with Crippen molar-refractivity contribution >= 4 is 5.78 Å². The molecule has 2 aromatic rings. The van der Waals surface area contributed by atoms with Gasteiger partial charge in [-0.1, -0.05) is 0 Å². The zero-order chi connectivity index (χ0) is 13.8. The lowest BCUT2D eigenvalue weighted by Crippen LogP contribution is -2.08. The number of methoxy groups -OCH3 is 2. The van der Waals surface area contributed by atoms with Crippen molar-refractivity contribution in [1.29, 1.82) is 0 Å². The van der Waals surface area contributed by atoms with Crippen LogP contribution in [0.25, 0.3) is 11.3 Å². The van der Waals surface area contributed by atoms with E-state index in [2.05, 4.69) is 5.10 Å². The average molecular weight is 260 g/mol. The third kappa shape index (κ3) is 2.82. The molecule has 1 heterocycles. The van der Waals surface area contributed by atoms with Crippen LogP contribution in [0.5, 0.6) is 5.75 Å². The van der Waals surface area contributed by atoms with Crippen molar-refractivity contribution in [3.05, 3.63) is 36.0 Å². The number of ether oxygens (including phenoxy) is 2. The molecule has 0 saturated heterocycles. The highest BCUT2D eigenvalue weighted by atomic mass is 16.5. The van der Waals surface area contributed by atoms with Gasteiger partial charge >= 0.3 is 0 Å². The summed E-state index contributed by atoms with van der Waals surface area (Å²) in [6, 6.07) is 9.38. The Balaban J connectivity index is 2.31. The highest BCUT2D eigenvalue weighted by Gasteiger charge is 2.13. The Morgan fingerprint density at radius 3 is 2.53 bits per heavy atom. The molecule has 0 aliphatic heterocycles. The molecule has 100 valence electrons. The molecule has 0 saturated carbocycles. The zero-order valence-electron chi connectivity index (χ0n) is 11.2. The number of Topliss-reactive ketones (excluding diaryl/α,β-unsaturated/α-hetero) is 1. The molecule has 0 unspecified atom stereocenters. The van der Waals surface area contributed by atoms with Gasteiger partial charge in [-0.05, 0) is 30.3 Å². The molecule has 0 aliphatic rings. The first-order valence-corrected chi connectivity index (χ1v) is 5.86. The molecule has 0 amide bonds. The van der Waals surface area contributed by atoms with Crippen LogP contribution < -0.4 is 4.74 Å². The first-order chi connectivity index (χ1) is 9.15. The van der Waals surface area contributed by atoms with E-state index in [4.69, 9.17) is 9.47 Å². The number of nitrogens with zero attached hydrogens (tertiary/aromatic N) is 2. The largest absolute Gasteiger partial charge is 0.497 e. The Labute approximate surface area is 111 Å². The molecule has 2 rings (SSSR count). The molecule has 0 spiro atoms. The maximum atomic E-state index is 11.7. The fourth-order valence-electron chi connectivity index (χ4n) is 1.84. The first kappa shape index (κ1) is 13.3. The Kier molecular flexibility index (Phi) is 3.97. The van der Waals surface area contributed by atoms with Gasteiger partial charge in [0.05, 0.1) is 12.8 Å². The number of benzene rings is 1. The van der Waals surface area contributed by atoms with Crippen molar-refractivity contribution in [2.75, 3.05) is 20.8 Å². The Hall–Kier alpha value is -2.14. The van der Waals surface area contributed by atoms with Gasteiger partial charge in [-0.2, -0.15) is 5.10 Å². The predicted octanol–water partition coefficient (Wildman–Crippen LogP) is 1.92. The first-order valence-electron chi connectivity index (χ1n) is 5.86. The fourth-order valence-corrected chi connectivity index (χ4v) is 1.84. The minimum Gasteiger partial charge on any atom is -0.497 e.